The van der Waals surface area contributed by atoms with E-state index in [9.17, 15) is 56.7 Å². The Labute approximate surface area is 188 Å². The van der Waals surface area contributed by atoms with Crippen molar-refractivity contribution in [1.29, 1.82) is 0 Å². The quantitative estimate of drug-likeness (QED) is 0.225. The van der Waals surface area contributed by atoms with E-state index < -0.39 is 96.4 Å². The summed E-state index contributed by atoms with van der Waals surface area (Å²) in [5, 5.41) is 0. The van der Waals surface area contributed by atoms with Crippen molar-refractivity contribution in [3.8, 4) is 11.1 Å². The molecule has 1 N–H and O–H groups in total. The molecule has 35 heavy (non-hydrogen) atoms. The van der Waals surface area contributed by atoms with Gasteiger partial charge in [0.15, 0.2) is 23.3 Å². The standard InChI is InChI=1S/C20H8F11NO2S/c21-13-10(19(26,27)28)6-8(7-11(13)20(29,30)31)12-14(22)15(23)16(24)17(25)18(12)32-35(33,34)9-4-2-1-3-5-9/h1-7,32H. The average Bonchev–Trinajstić information content (AvgIpc) is 2.75. The van der Waals surface area contributed by atoms with Gasteiger partial charge in [0.25, 0.3) is 10.0 Å². The van der Waals surface area contributed by atoms with Crippen molar-refractivity contribution in [1.82, 2.24) is 0 Å². The van der Waals surface area contributed by atoms with Gasteiger partial charge < -0.3 is 0 Å². The summed E-state index contributed by atoms with van der Waals surface area (Å²) in [7, 11) is -4.96. The number of nitrogens with one attached hydrogen (secondary N) is 1. The van der Waals surface area contributed by atoms with E-state index in [1.165, 1.54) is 10.8 Å². The van der Waals surface area contributed by atoms with Crippen molar-refractivity contribution in [2.75, 3.05) is 4.72 Å². The summed E-state index contributed by atoms with van der Waals surface area (Å²) in [5.74, 6) is -13.1. The molecule has 3 nitrogen and oxygen atoms in total. The third-order valence-corrected chi connectivity index (χ3v) is 5.89. The molecule has 0 amide bonds. The highest BCUT2D eigenvalue weighted by atomic mass is 32.2. The third kappa shape index (κ3) is 4.90. The van der Waals surface area contributed by atoms with E-state index in [4.69, 9.17) is 0 Å². The lowest BCUT2D eigenvalue weighted by molar-refractivity contribution is -0.147. The van der Waals surface area contributed by atoms with Crippen molar-refractivity contribution in [2.24, 2.45) is 0 Å². The van der Waals surface area contributed by atoms with Crippen molar-refractivity contribution < 1.29 is 56.7 Å². The molecule has 0 aliphatic rings. The van der Waals surface area contributed by atoms with E-state index >= 15 is 0 Å². The fourth-order valence-electron chi connectivity index (χ4n) is 2.97. The minimum absolute atomic E-state index is 0.430. The highest BCUT2D eigenvalue weighted by Gasteiger charge is 2.43. The number of sulfonamides is 1. The summed E-state index contributed by atoms with van der Waals surface area (Å²) in [6, 6.07) is 4.58. The fourth-order valence-corrected chi connectivity index (χ4v) is 4.07. The molecule has 0 unspecified atom stereocenters. The molecule has 3 aromatic carbocycles. The highest BCUT2D eigenvalue weighted by molar-refractivity contribution is 7.92. The fraction of sp³-hybridized carbons (Fsp3) is 0.100. The van der Waals surface area contributed by atoms with Gasteiger partial charge in [0.2, 0.25) is 0 Å². The van der Waals surface area contributed by atoms with Crippen LogP contribution in [0.25, 0.3) is 11.1 Å². The average molecular weight is 535 g/mol. The first kappa shape index (κ1) is 26.2. The maximum absolute atomic E-state index is 14.7. The molecule has 3 aromatic rings. The second-order valence-electron chi connectivity index (χ2n) is 6.81. The van der Waals surface area contributed by atoms with Crippen molar-refractivity contribution in [3.05, 3.63) is 82.7 Å². The van der Waals surface area contributed by atoms with E-state index in [0.29, 0.717) is 0 Å². The van der Waals surface area contributed by atoms with E-state index in [1.807, 2.05) is 0 Å². The number of anilines is 1. The zero-order chi connectivity index (χ0) is 26.5. The second kappa shape index (κ2) is 8.70. The predicted octanol–water partition coefficient (Wildman–Crippen LogP) is 6.89. The van der Waals surface area contributed by atoms with Crippen molar-refractivity contribution in [2.45, 2.75) is 17.2 Å². The Kier molecular flexibility index (Phi) is 6.52. The number of hydrogen-bond acceptors (Lipinski definition) is 2. The van der Waals surface area contributed by atoms with Crippen LogP contribution in [0.1, 0.15) is 11.1 Å². The molecule has 188 valence electrons. The summed E-state index contributed by atoms with van der Waals surface area (Å²) in [6.45, 7) is 0. The molecule has 0 radical (unpaired) electrons. The summed E-state index contributed by atoms with van der Waals surface area (Å²) in [6.07, 6.45) is -11.6. The van der Waals surface area contributed by atoms with Crippen LogP contribution in [0.4, 0.5) is 54.0 Å². The van der Waals surface area contributed by atoms with E-state index in [2.05, 4.69) is 0 Å². The zero-order valence-corrected chi connectivity index (χ0v) is 17.2. The smallest absolute Gasteiger partial charge is 0.276 e. The van der Waals surface area contributed by atoms with Crippen LogP contribution in [-0.4, -0.2) is 8.42 Å². The summed E-state index contributed by atoms with van der Waals surface area (Å²) < 4.78 is 177. The highest BCUT2D eigenvalue weighted by Crippen LogP contribution is 2.44. The summed E-state index contributed by atoms with van der Waals surface area (Å²) in [4.78, 5) is -0.665. The van der Waals surface area contributed by atoms with Gasteiger partial charge in [-0.1, -0.05) is 18.2 Å². The van der Waals surface area contributed by atoms with Crippen molar-refractivity contribution in [3.63, 3.8) is 0 Å². The molecule has 15 heteroatoms. The van der Waals surface area contributed by atoms with Crippen LogP contribution in [0.15, 0.2) is 47.4 Å². The van der Waals surface area contributed by atoms with Crippen LogP contribution in [0.3, 0.4) is 0 Å². The first-order chi connectivity index (χ1) is 16.0. The zero-order valence-electron chi connectivity index (χ0n) is 16.4. The Morgan fingerprint density at radius 2 is 1.09 bits per heavy atom. The first-order valence-corrected chi connectivity index (χ1v) is 10.4. The lowest BCUT2D eigenvalue weighted by Crippen LogP contribution is -2.18. The molecule has 0 aliphatic heterocycles. The Bertz CT molecular complexity index is 1360. The Balaban J connectivity index is 2.42. The number of benzene rings is 3. The minimum Gasteiger partial charge on any atom is -0.276 e. The van der Waals surface area contributed by atoms with Crippen LogP contribution in [0.2, 0.25) is 0 Å². The van der Waals surface area contributed by atoms with Crippen LogP contribution in [0, 0.1) is 29.1 Å². The van der Waals surface area contributed by atoms with Crippen molar-refractivity contribution >= 4 is 15.7 Å². The second-order valence-corrected chi connectivity index (χ2v) is 8.49. The Morgan fingerprint density at radius 3 is 1.54 bits per heavy atom. The van der Waals surface area contributed by atoms with Gasteiger partial charge in [-0.3, -0.25) is 4.72 Å². The van der Waals surface area contributed by atoms with Gasteiger partial charge in [-0.2, -0.15) is 26.3 Å². The first-order valence-electron chi connectivity index (χ1n) is 8.89. The van der Waals surface area contributed by atoms with Gasteiger partial charge in [0.1, 0.15) is 5.82 Å². The van der Waals surface area contributed by atoms with Gasteiger partial charge in [-0.15, -0.1) is 0 Å². The lowest BCUT2D eigenvalue weighted by atomic mass is 9.96. The molecule has 0 saturated heterocycles. The molecule has 3 rings (SSSR count). The summed E-state index contributed by atoms with van der Waals surface area (Å²) in [5.41, 5.74) is -10.6. The van der Waals surface area contributed by atoms with E-state index in [1.54, 1.807) is 0 Å². The predicted molar refractivity (Wildman–Crippen MR) is 98.9 cm³/mol. The van der Waals surface area contributed by atoms with Gasteiger partial charge in [-0.25, -0.2) is 30.4 Å². The maximum atomic E-state index is 14.7. The molecule has 0 aliphatic carbocycles. The van der Waals surface area contributed by atoms with Gasteiger partial charge in [-0.05, 0) is 29.8 Å². The molecular formula is C20H8F11NO2S. The molecule has 0 saturated carbocycles. The van der Waals surface area contributed by atoms with E-state index in [-0.39, 0.29) is 0 Å². The third-order valence-electron chi connectivity index (χ3n) is 4.53. The Morgan fingerprint density at radius 1 is 0.629 bits per heavy atom. The molecule has 0 bridgehead atoms. The molecule has 0 atom stereocenters. The number of alkyl halides is 6. The molecule has 0 spiro atoms. The minimum atomic E-state index is -5.81. The van der Waals surface area contributed by atoms with E-state index in [0.717, 1.165) is 24.3 Å². The maximum Gasteiger partial charge on any atom is 0.419 e. The molecule has 0 aromatic heterocycles. The van der Waals surface area contributed by atoms with Gasteiger partial charge in [0.05, 0.1) is 21.7 Å². The topological polar surface area (TPSA) is 46.2 Å². The lowest BCUT2D eigenvalue weighted by Gasteiger charge is -2.19. The molecule has 0 heterocycles. The Hall–Kier alpha value is -3.36. The normalized spacial score (nSPS) is 12.7. The summed E-state index contributed by atoms with van der Waals surface area (Å²) >= 11 is 0. The SMILES string of the molecule is O=S(=O)(Nc1c(F)c(F)c(F)c(F)c1-c1cc(C(F)(F)F)c(F)c(C(F)(F)F)c1)c1ccccc1. The largest absolute Gasteiger partial charge is 0.419 e. The number of hydrogen-bond donors (Lipinski definition) is 1. The monoisotopic (exact) mass is 535 g/mol. The van der Waals surface area contributed by atoms with Gasteiger partial charge in [0, 0.05) is 5.56 Å². The molecular weight excluding hydrogens is 527 g/mol. The van der Waals surface area contributed by atoms with Crippen LogP contribution >= 0.6 is 0 Å². The van der Waals surface area contributed by atoms with Crippen LogP contribution < -0.4 is 4.72 Å². The number of rotatable bonds is 4. The van der Waals surface area contributed by atoms with Crippen LogP contribution in [-0.2, 0) is 22.4 Å². The van der Waals surface area contributed by atoms with Gasteiger partial charge >= 0.3 is 12.4 Å². The molecule has 0 fully saturated rings. The number of halogens is 11. The van der Waals surface area contributed by atoms with Crippen LogP contribution in [0.5, 0.6) is 0 Å².